The van der Waals surface area contributed by atoms with Crippen LogP contribution >= 0.6 is 0 Å². The molecule has 0 rings (SSSR count). The van der Waals surface area contributed by atoms with E-state index in [0.29, 0.717) is 51.6 Å². The van der Waals surface area contributed by atoms with Gasteiger partial charge in [0.1, 0.15) is 25.9 Å². The second-order valence-electron chi connectivity index (χ2n) is 18.6. The number of ether oxygens (including phenoxy) is 5. The van der Waals surface area contributed by atoms with E-state index >= 15 is 0 Å². The smallest absolute Gasteiger partial charge is 0.306 e. The molecule has 376 valence electrons. The summed E-state index contributed by atoms with van der Waals surface area (Å²) in [7, 11) is 3.89. The molecule has 64 heavy (non-hydrogen) atoms. The molecule has 0 aliphatic carbocycles. The maximum atomic E-state index is 12.8. The predicted octanol–water partition coefficient (Wildman–Crippen LogP) is 13.4. The highest BCUT2D eigenvalue weighted by Crippen LogP contribution is 2.19. The summed E-state index contributed by atoms with van der Waals surface area (Å²) in [6, 6.07) is 0. The number of carbonyl (C=O) groups is 5. The van der Waals surface area contributed by atoms with Gasteiger partial charge in [0.2, 0.25) is 0 Å². The number of unbranched alkanes of at least 4 members (excludes halogenated alkanes) is 23. The van der Waals surface area contributed by atoms with Crippen LogP contribution in [0.2, 0.25) is 0 Å². The Morgan fingerprint density at radius 3 is 1.08 bits per heavy atom. The first kappa shape index (κ1) is 61.3. The molecule has 1 atom stereocenters. The van der Waals surface area contributed by atoms with Gasteiger partial charge in [-0.05, 0) is 84.8 Å². The number of hydrogen-bond acceptors (Lipinski definition) is 11. The Hall–Kier alpha value is -2.69. The van der Waals surface area contributed by atoms with Crippen molar-refractivity contribution in [3.63, 3.8) is 0 Å². The van der Waals surface area contributed by atoms with Crippen molar-refractivity contribution in [2.75, 3.05) is 47.1 Å². The third-order valence-corrected chi connectivity index (χ3v) is 11.8. The average Bonchev–Trinajstić information content (AvgIpc) is 3.27. The SMILES string of the molecule is CCCCCCCCCCOC(=O)CCCCCCCC(=O)OCC(COC(=O)CCCCCC(=O)OC(CCCCCCCC)CCCCCCCC)COC(=O)CCCN(C)C. The standard InChI is InChI=1S/C53H99NO10/c1-6-9-12-15-18-19-25-33-43-60-49(55)37-29-23-20-24-30-38-50(56)61-44-47(46-63-52(58)41-34-42-54(4)5)45-62-51(57)39-31-26-32-40-53(59)64-48(35-27-21-16-13-10-7-2)36-28-22-17-14-11-8-3/h47-48H,6-46H2,1-5H3. The summed E-state index contributed by atoms with van der Waals surface area (Å²) in [6.45, 7) is 7.91. The van der Waals surface area contributed by atoms with Gasteiger partial charge in [-0.25, -0.2) is 0 Å². The normalized spacial score (nSPS) is 11.8. The molecule has 0 heterocycles. The predicted molar refractivity (Wildman–Crippen MR) is 259 cm³/mol. The number of rotatable bonds is 48. The Bertz CT molecular complexity index is 1100. The van der Waals surface area contributed by atoms with Gasteiger partial charge >= 0.3 is 29.8 Å². The first-order valence-electron chi connectivity index (χ1n) is 26.6. The summed E-state index contributed by atoms with van der Waals surface area (Å²) in [4.78, 5) is 64.5. The minimum atomic E-state index is -0.476. The highest BCUT2D eigenvalue weighted by Gasteiger charge is 2.19. The Morgan fingerprint density at radius 1 is 0.359 bits per heavy atom. The molecule has 0 aromatic heterocycles. The zero-order chi connectivity index (χ0) is 47.1. The highest BCUT2D eigenvalue weighted by atomic mass is 16.6. The van der Waals surface area contributed by atoms with Crippen LogP contribution in [0.4, 0.5) is 0 Å². The van der Waals surface area contributed by atoms with Gasteiger partial charge in [-0.1, -0.05) is 156 Å². The maximum Gasteiger partial charge on any atom is 0.306 e. The lowest BCUT2D eigenvalue weighted by molar-refractivity contribution is -0.154. The van der Waals surface area contributed by atoms with Crippen molar-refractivity contribution in [3.8, 4) is 0 Å². The van der Waals surface area contributed by atoms with E-state index < -0.39 is 5.92 Å². The molecule has 1 unspecified atom stereocenters. The monoisotopic (exact) mass is 910 g/mol. The first-order chi connectivity index (χ1) is 31.1. The molecule has 0 N–H and O–H groups in total. The van der Waals surface area contributed by atoms with Gasteiger partial charge < -0.3 is 28.6 Å². The fourth-order valence-electron chi connectivity index (χ4n) is 7.62. The van der Waals surface area contributed by atoms with Crippen molar-refractivity contribution in [2.24, 2.45) is 5.92 Å². The molecule has 0 aromatic rings. The molecule has 0 aliphatic heterocycles. The van der Waals surface area contributed by atoms with Crippen molar-refractivity contribution in [2.45, 2.75) is 258 Å². The Balaban J connectivity index is 4.52. The molecule has 0 aromatic carbocycles. The van der Waals surface area contributed by atoms with E-state index in [1.807, 2.05) is 19.0 Å². The van der Waals surface area contributed by atoms with Crippen LogP contribution in [0.25, 0.3) is 0 Å². The van der Waals surface area contributed by atoms with E-state index in [-0.39, 0.29) is 75.0 Å². The van der Waals surface area contributed by atoms with Gasteiger partial charge in [0.05, 0.1) is 12.5 Å². The van der Waals surface area contributed by atoms with Crippen LogP contribution in [0.5, 0.6) is 0 Å². The van der Waals surface area contributed by atoms with Crippen molar-refractivity contribution >= 4 is 29.8 Å². The molecule has 0 fully saturated rings. The number of esters is 5. The van der Waals surface area contributed by atoms with Gasteiger partial charge in [0.25, 0.3) is 0 Å². The van der Waals surface area contributed by atoms with Crippen molar-refractivity contribution < 1.29 is 47.7 Å². The molecule has 0 saturated carbocycles. The number of carbonyl (C=O) groups excluding carboxylic acids is 5. The van der Waals surface area contributed by atoms with Crippen LogP contribution in [0.3, 0.4) is 0 Å². The van der Waals surface area contributed by atoms with E-state index in [0.717, 1.165) is 70.8 Å². The molecule has 0 spiro atoms. The molecular weight excluding hydrogens is 811 g/mol. The topological polar surface area (TPSA) is 135 Å². The Morgan fingerprint density at radius 2 is 0.672 bits per heavy atom. The second-order valence-corrected chi connectivity index (χ2v) is 18.6. The van der Waals surface area contributed by atoms with E-state index in [2.05, 4.69) is 20.8 Å². The molecular formula is C53H99NO10. The third kappa shape index (κ3) is 44.5. The summed E-state index contributed by atoms with van der Waals surface area (Å²) in [5, 5.41) is 0. The molecule has 0 bridgehead atoms. The van der Waals surface area contributed by atoms with Crippen LogP contribution in [0, 0.1) is 5.92 Å². The molecule has 11 nitrogen and oxygen atoms in total. The highest BCUT2D eigenvalue weighted by molar-refractivity contribution is 5.71. The summed E-state index contributed by atoms with van der Waals surface area (Å²) in [6.07, 6.45) is 34.6. The van der Waals surface area contributed by atoms with E-state index in [1.165, 1.54) is 103 Å². The lowest BCUT2D eigenvalue weighted by Gasteiger charge is -2.18. The lowest BCUT2D eigenvalue weighted by Crippen LogP contribution is -2.26. The summed E-state index contributed by atoms with van der Waals surface area (Å²) >= 11 is 0. The fraction of sp³-hybridized carbons (Fsp3) is 0.906. The van der Waals surface area contributed by atoms with E-state index in [4.69, 9.17) is 23.7 Å². The molecule has 0 radical (unpaired) electrons. The van der Waals surface area contributed by atoms with Crippen LogP contribution < -0.4 is 0 Å². The van der Waals surface area contributed by atoms with E-state index in [1.54, 1.807) is 0 Å². The van der Waals surface area contributed by atoms with Gasteiger partial charge in [0, 0.05) is 32.1 Å². The number of nitrogens with zero attached hydrogens (tertiary/aromatic N) is 1. The third-order valence-electron chi connectivity index (χ3n) is 11.8. The minimum absolute atomic E-state index is 0.00156. The molecule has 0 saturated heterocycles. The van der Waals surface area contributed by atoms with Gasteiger partial charge in [-0.3, -0.25) is 24.0 Å². The summed E-state index contributed by atoms with van der Waals surface area (Å²) in [5.41, 5.74) is 0. The number of hydrogen-bond donors (Lipinski definition) is 0. The Kier molecular flexibility index (Phi) is 44.9. The minimum Gasteiger partial charge on any atom is -0.466 e. The van der Waals surface area contributed by atoms with Gasteiger partial charge in [-0.2, -0.15) is 0 Å². The summed E-state index contributed by atoms with van der Waals surface area (Å²) in [5.74, 6) is -1.79. The lowest BCUT2D eigenvalue weighted by atomic mass is 10.0. The van der Waals surface area contributed by atoms with Crippen LogP contribution in [0.15, 0.2) is 0 Å². The van der Waals surface area contributed by atoms with Crippen molar-refractivity contribution in [1.82, 2.24) is 4.90 Å². The summed E-state index contributed by atoms with van der Waals surface area (Å²) < 4.78 is 27.9. The van der Waals surface area contributed by atoms with Crippen molar-refractivity contribution in [1.29, 1.82) is 0 Å². The fourth-order valence-corrected chi connectivity index (χ4v) is 7.62. The van der Waals surface area contributed by atoms with Crippen LogP contribution in [-0.4, -0.2) is 87.9 Å². The molecule has 11 heteroatoms. The van der Waals surface area contributed by atoms with Gasteiger partial charge in [-0.15, -0.1) is 0 Å². The zero-order valence-electron chi connectivity index (χ0n) is 42.2. The first-order valence-corrected chi connectivity index (χ1v) is 26.6. The van der Waals surface area contributed by atoms with Crippen LogP contribution in [0.1, 0.15) is 252 Å². The Labute approximate surface area is 392 Å². The molecule has 0 amide bonds. The van der Waals surface area contributed by atoms with E-state index in [9.17, 15) is 24.0 Å². The second kappa shape index (κ2) is 46.8. The average molecular weight is 910 g/mol. The zero-order valence-corrected chi connectivity index (χ0v) is 42.2. The largest absolute Gasteiger partial charge is 0.466 e. The van der Waals surface area contributed by atoms with Crippen molar-refractivity contribution in [3.05, 3.63) is 0 Å². The molecule has 0 aliphatic rings. The van der Waals surface area contributed by atoms with Gasteiger partial charge in [0.15, 0.2) is 0 Å². The van der Waals surface area contributed by atoms with Crippen LogP contribution in [-0.2, 0) is 47.7 Å². The quantitative estimate of drug-likeness (QED) is 0.0328. The maximum absolute atomic E-state index is 12.8.